The molecule has 1 aliphatic heterocycles. The molecule has 0 bridgehead atoms. The second-order valence-electron chi connectivity index (χ2n) is 6.55. The molecule has 0 saturated carbocycles. The zero-order valence-corrected chi connectivity index (χ0v) is 14.5. The Balaban J connectivity index is 1.62. The minimum absolute atomic E-state index is 0.136. The number of nitrogens with one attached hydrogen (secondary N) is 2. The Bertz CT molecular complexity index is 1130. The Morgan fingerprint density at radius 1 is 1.32 bits per heavy atom. The molecule has 0 aliphatic carbocycles. The number of aromatic amines is 2. The smallest absolute Gasteiger partial charge is 0.280 e. The Labute approximate surface area is 157 Å². The first-order chi connectivity index (χ1) is 13.6. The number of imidazole rings is 1. The van der Waals surface area contributed by atoms with Crippen molar-refractivity contribution in [3.8, 4) is 0 Å². The highest BCUT2D eigenvalue weighted by Gasteiger charge is 2.37. The minimum atomic E-state index is -2.82. The molecule has 0 aromatic carbocycles. The summed E-state index contributed by atoms with van der Waals surface area (Å²) in [4.78, 5) is 22.2. The molecule has 1 amide bonds. The van der Waals surface area contributed by atoms with Crippen LogP contribution in [0.25, 0.3) is 5.52 Å². The van der Waals surface area contributed by atoms with Crippen LogP contribution in [0.5, 0.6) is 0 Å². The van der Waals surface area contributed by atoms with E-state index in [9.17, 15) is 13.6 Å². The van der Waals surface area contributed by atoms with Crippen LogP contribution < -0.4 is 0 Å². The molecule has 4 aromatic rings. The number of rotatable bonds is 3. The van der Waals surface area contributed by atoms with Gasteiger partial charge in [-0.3, -0.25) is 9.89 Å². The molecule has 142 valence electrons. The molecular weight excluding hydrogens is 368 g/mol. The van der Waals surface area contributed by atoms with E-state index in [0.717, 1.165) is 17.4 Å². The van der Waals surface area contributed by atoms with Crippen LogP contribution in [-0.2, 0) is 6.42 Å². The normalized spacial score (nSPS) is 16.7. The van der Waals surface area contributed by atoms with E-state index in [1.54, 1.807) is 10.8 Å². The molecule has 28 heavy (non-hydrogen) atoms. The van der Waals surface area contributed by atoms with E-state index >= 15 is 0 Å². The number of hydrogen-bond acceptors (Lipinski definition) is 4. The van der Waals surface area contributed by atoms with Crippen LogP contribution in [-0.4, -0.2) is 47.1 Å². The van der Waals surface area contributed by atoms with Crippen LogP contribution >= 0.6 is 0 Å². The lowest BCUT2D eigenvalue weighted by molar-refractivity contribution is 0.0675. The van der Waals surface area contributed by atoms with Crippen molar-refractivity contribution >= 4 is 11.4 Å². The fourth-order valence-corrected chi connectivity index (χ4v) is 3.67. The molecule has 0 saturated heterocycles. The zero-order chi connectivity index (χ0) is 19.3. The predicted octanol–water partition coefficient (Wildman–Crippen LogP) is 2.51. The van der Waals surface area contributed by atoms with Crippen LogP contribution in [0.15, 0.2) is 43.0 Å². The highest BCUT2D eigenvalue weighted by atomic mass is 19.3. The number of nitrogens with zero attached hydrogens (tertiary/aromatic N) is 5. The first kappa shape index (κ1) is 16.6. The molecule has 0 fully saturated rings. The number of carbonyl (C=O) groups excluding carboxylic acids is 1. The number of halogens is 2. The van der Waals surface area contributed by atoms with Crippen molar-refractivity contribution in [2.45, 2.75) is 18.9 Å². The second-order valence-corrected chi connectivity index (χ2v) is 6.55. The molecule has 10 heteroatoms. The second kappa shape index (κ2) is 6.25. The summed E-state index contributed by atoms with van der Waals surface area (Å²) in [6, 6.07) is 6.95. The molecule has 2 N–H and O–H groups in total. The lowest BCUT2D eigenvalue weighted by Crippen LogP contribution is -2.41. The molecule has 8 nitrogen and oxygen atoms in total. The van der Waals surface area contributed by atoms with Gasteiger partial charge in [-0.15, -0.1) is 0 Å². The molecule has 1 aliphatic rings. The highest BCUT2D eigenvalue weighted by Crippen LogP contribution is 2.35. The van der Waals surface area contributed by atoms with Crippen LogP contribution in [0.2, 0.25) is 0 Å². The Kier molecular flexibility index (Phi) is 3.71. The van der Waals surface area contributed by atoms with Gasteiger partial charge in [-0.2, -0.15) is 10.2 Å². The quantitative estimate of drug-likeness (QED) is 0.568. The number of alkyl halides is 2. The van der Waals surface area contributed by atoms with Gasteiger partial charge in [-0.1, -0.05) is 6.07 Å². The topological polar surface area (TPSA) is 95.0 Å². The molecule has 0 radical (unpaired) electrons. The third-order valence-corrected chi connectivity index (χ3v) is 4.97. The minimum Gasteiger partial charge on any atom is -0.348 e. The monoisotopic (exact) mass is 383 g/mol. The number of H-pyrrole nitrogens is 2. The van der Waals surface area contributed by atoms with E-state index in [-0.39, 0.29) is 5.56 Å². The predicted molar refractivity (Wildman–Crippen MR) is 93.9 cm³/mol. The number of carbonyl (C=O) groups is 1. The van der Waals surface area contributed by atoms with E-state index < -0.39 is 24.1 Å². The summed E-state index contributed by atoms with van der Waals surface area (Å²) < 4.78 is 28.2. The van der Waals surface area contributed by atoms with E-state index in [4.69, 9.17) is 0 Å². The summed E-state index contributed by atoms with van der Waals surface area (Å²) in [5, 5.41) is 10.4. The van der Waals surface area contributed by atoms with Gasteiger partial charge in [-0.25, -0.2) is 18.3 Å². The molecule has 0 unspecified atom stereocenters. The third-order valence-electron chi connectivity index (χ3n) is 4.97. The lowest BCUT2D eigenvalue weighted by atomic mass is 9.98. The third kappa shape index (κ3) is 2.48. The summed E-state index contributed by atoms with van der Waals surface area (Å²) >= 11 is 0. The van der Waals surface area contributed by atoms with Gasteiger partial charge in [0.1, 0.15) is 11.7 Å². The Morgan fingerprint density at radius 2 is 2.21 bits per heavy atom. The number of hydrogen-bond donors (Lipinski definition) is 2. The maximum absolute atomic E-state index is 13.3. The maximum atomic E-state index is 13.3. The van der Waals surface area contributed by atoms with Crippen molar-refractivity contribution < 1.29 is 13.6 Å². The van der Waals surface area contributed by atoms with Gasteiger partial charge < -0.3 is 9.88 Å². The molecular formula is C18H15F2N7O. The highest BCUT2D eigenvalue weighted by molar-refractivity contribution is 5.95. The number of aromatic nitrogens is 6. The molecule has 0 spiro atoms. The summed E-state index contributed by atoms with van der Waals surface area (Å²) in [5.74, 6) is -0.528. The van der Waals surface area contributed by atoms with Gasteiger partial charge in [0.05, 0.1) is 35.0 Å². The summed E-state index contributed by atoms with van der Waals surface area (Å²) in [6.45, 7) is 0.348. The average molecular weight is 383 g/mol. The van der Waals surface area contributed by atoms with E-state index in [1.807, 2.05) is 30.5 Å². The van der Waals surface area contributed by atoms with Crippen molar-refractivity contribution in [1.82, 2.24) is 34.7 Å². The summed E-state index contributed by atoms with van der Waals surface area (Å²) in [5.41, 5.74) is 2.45. The van der Waals surface area contributed by atoms with Gasteiger partial charge in [0.2, 0.25) is 0 Å². The maximum Gasteiger partial charge on any atom is 0.280 e. The van der Waals surface area contributed by atoms with Crippen molar-refractivity contribution in [3.05, 3.63) is 71.3 Å². The van der Waals surface area contributed by atoms with Gasteiger partial charge in [0.25, 0.3) is 12.3 Å². The Morgan fingerprint density at radius 3 is 3.04 bits per heavy atom. The largest absolute Gasteiger partial charge is 0.348 e. The first-order valence-electron chi connectivity index (χ1n) is 8.72. The average Bonchev–Trinajstić information content (AvgIpc) is 3.44. The fourth-order valence-electron chi connectivity index (χ4n) is 3.67. The number of fused-ring (bicyclic) bond motifs is 2. The van der Waals surface area contributed by atoms with Crippen molar-refractivity contribution in [2.24, 2.45) is 0 Å². The van der Waals surface area contributed by atoms with Gasteiger partial charge in [0.15, 0.2) is 0 Å². The van der Waals surface area contributed by atoms with Crippen molar-refractivity contribution in [1.29, 1.82) is 0 Å². The molecule has 4 aromatic heterocycles. The lowest BCUT2D eigenvalue weighted by Gasteiger charge is -2.33. The van der Waals surface area contributed by atoms with Crippen LogP contribution in [0.3, 0.4) is 0 Å². The number of pyridine rings is 1. The number of amides is 1. The van der Waals surface area contributed by atoms with Gasteiger partial charge in [0, 0.05) is 24.9 Å². The van der Waals surface area contributed by atoms with Crippen LogP contribution in [0.4, 0.5) is 8.78 Å². The standard InChI is InChI=1S/C18H15F2N7O/c19-17(20)14-11(8-23-24-14)18(28)26-6-4-12-15(22-9-21-12)16(26)13-7-10-3-1-2-5-27(10)25-13/h1-3,5,7-9,16-17H,4,6H2,(H,21,22)(H,23,24)/t16-/m0/s1. The SMILES string of the molecule is O=C(c1cn[nH]c1C(F)F)N1CCc2[nH]cnc2[C@@H]1c1cc2ccccn2n1. The van der Waals surface area contributed by atoms with Crippen LogP contribution in [0.1, 0.15) is 45.6 Å². The first-order valence-corrected chi connectivity index (χ1v) is 8.72. The molecule has 1 atom stereocenters. The summed E-state index contributed by atoms with van der Waals surface area (Å²) in [7, 11) is 0. The van der Waals surface area contributed by atoms with Crippen molar-refractivity contribution in [2.75, 3.05) is 6.54 Å². The molecule has 5 rings (SSSR count). The fraction of sp³-hybridized carbons (Fsp3) is 0.222. The van der Waals surface area contributed by atoms with E-state index in [0.29, 0.717) is 24.4 Å². The van der Waals surface area contributed by atoms with Gasteiger partial charge in [-0.05, 0) is 18.2 Å². The summed E-state index contributed by atoms with van der Waals surface area (Å²) in [6.07, 6.45) is 2.26. The van der Waals surface area contributed by atoms with E-state index in [1.165, 1.54) is 4.90 Å². The molecule has 5 heterocycles. The van der Waals surface area contributed by atoms with Crippen molar-refractivity contribution in [3.63, 3.8) is 0 Å². The Hall–Kier alpha value is -3.56. The van der Waals surface area contributed by atoms with Crippen LogP contribution in [0, 0.1) is 0 Å². The van der Waals surface area contributed by atoms with E-state index in [2.05, 4.69) is 25.3 Å². The zero-order valence-electron chi connectivity index (χ0n) is 14.5. The van der Waals surface area contributed by atoms with Gasteiger partial charge >= 0.3 is 0 Å².